The quantitative estimate of drug-likeness (QED) is 0.886. The Balaban J connectivity index is 2.32. The van der Waals surface area contributed by atoms with E-state index in [-0.39, 0.29) is 13.2 Å². The number of anilines is 1. The van der Waals surface area contributed by atoms with Crippen molar-refractivity contribution in [2.75, 3.05) is 25.0 Å². The highest BCUT2D eigenvalue weighted by Crippen LogP contribution is 2.29. The zero-order chi connectivity index (χ0) is 16.8. The van der Waals surface area contributed by atoms with Crippen molar-refractivity contribution in [1.82, 2.24) is 4.90 Å². The molecule has 2 amide bonds. The largest absolute Gasteiger partial charge is 0.395 e. The maximum absolute atomic E-state index is 13.6. The van der Waals surface area contributed by atoms with Crippen molar-refractivity contribution in [2.24, 2.45) is 0 Å². The van der Waals surface area contributed by atoms with Gasteiger partial charge in [-0.25, -0.2) is 13.6 Å². The number of nitrogens with one attached hydrogen (secondary N) is 1. The average molecular weight is 320 g/mol. The molecule has 2 N–H and O–H groups in total. The molecule has 2 rings (SSSR count). The first kappa shape index (κ1) is 16.9. The second kappa shape index (κ2) is 7.69. The fourth-order valence-corrected chi connectivity index (χ4v) is 2.21. The summed E-state index contributed by atoms with van der Waals surface area (Å²) < 4.78 is 26.6. The van der Waals surface area contributed by atoms with E-state index < -0.39 is 17.7 Å². The highest BCUT2D eigenvalue weighted by atomic mass is 19.1. The number of rotatable bonds is 5. The van der Waals surface area contributed by atoms with Crippen LogP contribution in [0.25, 0.3) is 11.1 Å². The minimum Gasteiger partial charge on any atom is -0.395 e. The predicted molar refractivity (Wildman–Crippen MR) is 85.1 cm³/mol. The van der Waals surface area contributed by atoms with Crippen LogP contribution < -0.4 is 5.32 Å². The first-order valence-electron chi connectivity index (χ1n) is 7.27. The third-order valence-electron chi connectivity index (χ3n) is 3.42. The molecule has 0 heterocycles. The van der Waals surface area contributed by atoms with E-state index in [4.69, 9.17) is 5.11 Å². The number of benzene rings is 2. The van der Waals surface area contributed by atoms with Gasteiger partial charge in [0.1, 0.15) is 11.6 Å². The Morgan fingerprint density at radius 1 is 1.13 bits per heavy atom. The van der Waals surface area contributed by atoms with Crippen LogP contribution in [0.4, 0.5) is 19.3 Å². The molecule has 2 aromatic rings. The van der Waals surface area contributed by atoms with E-state index >= 15 is 0 Å². The topological polar surface area (TPSA) is 52.6 Å². The van der Waals surface area contributed by atoms with E-state index in [1.54, 1.807) is 6.92 Å². The SMILES string of the molecule is CCN(CCO)C(=O)Nc1ccc(F)cc1-c1ccc(F)cc1. The Morgan fingerprint density at radius 2 is 1.78 bits per heavy atom. The Hall–Kier alpha value is -2.47. The zero-order valence-electron chi connectivity index (χ0n) is 12.7. The summed E-state index contributed by atoms with van der Waals surface area (Å²) in [7, 11) is 0. The van der Waals surface area contributed by atoms with Crippen molar-refractivity contribution in [1.29, 1.82) is 0 Å². The summed E-state index contributed by atoms with van der Waals surface area (Å²) in [6.07, 6.45) is 0. The second-order valence-corrected chi connectivity index (χ2v) is 4.93. The number of aliphatic hydroxyl groups excluding tert-OH is 1. The summed E-state index contributed by atoms with van der Waals surface area (Å²) in [6.45, 7) is 2.28. The number of amides is 2. The molecule has 23 heavy (non-hydrogen) atoms. The van der Waals surface area contributed by atoms with Crippen molar-refractivity contribution in [3.05, 3.63) is 54.1 Å². The van der Waals surface area contributed by atoms with E-state index in [9.17, 15) is 13.6 Å². The summed E-state index contributed by atoms with van der Waals surface area (Å²) in [4.78, 5) is 13.6. The molecule has 0 aromatic heterocycles. The van der Waals surface area contributed by atoms with Crippen LogP contribution in [-0.4, -0.2) is 35.7 Å². The van der Waals surface area contributed by atoms with Gasteiger partial charge in [0, 0.05) is 18.7 Å². The van der Waals surface area contributed by atoms with Crippen LogP contribution >= 0.6 is 0 Å². The molecule has 0 atom stereocenters. The van der Waals surface area contributed by atoms with Gasteiger partial charge < -0.3 is 15.3 Å². The maximum Gasteiger partial charge on any atom is 0.321 e. The lowest BCUT2D eigenvalue weighted by molar-refractivity contribution is 0.192. The first-order chi connectivity index (χ1) is 11.0. The van der Waals surface area contributed by atoms with Gasteiger partial charge in [0.25, 0.3) is 0 Å². The molecular weight excluding hydrogens is 302 g/mol. The molecule has 0 unspecified atom stereocenters. The Bertz CT molecular complexity index is 675. The van der Waals surface area contributed by atoms with Crippen LogP contribution in [0, 0.1) is 11.6 Å². The molecule has 0 spiro atoms. The lowest BCUT2D eigenvalue weighted by Gasteiger charge is -2.21. The molecule has 0 fully saturated rings. The van der Waals surface area contributed by atoms with Crippen molar-refractivity contribution < 1.29 is 18.7 Å². The molecule has 0 aliphatic carbocycles. The Morgan fingerprint density at radius 3 is 2.39 bits per heavy atom. The van der Waals surface area contributed by atoms with Crippen LogP contribution in [-0.2, 0) is 0 Å². The molecule has 122 valence electrons. The lowest BCUT2D eigenvalue weighted by Crippen LogP contribution is -2.36. The van der Waals surface area contributed by atoms with Crippen molar-refractivity contribution in [3.63, 3.8) is 0 Å². The van der Waals surface area contributed by atoms with Crippen molar-refractivity contribution >= 4 is 11.7 Å². The molecular formula is C17H18F2N2O2. The van der Waals surface area contributed by atoms with Crippen LogP contribution in [0.3, 0.4) is 0 Å². The molecule has 0 saturated carbocycles. The van der Waals surface area contributed by atoms with Gasteiger partial charge in [-0.2, -0.15) is 0 Å². The number of likely N-dealkylation sites (N-methyl/N-ethyl adjacent to an activating group) is 1. The van der Waals surface area contributed by atoms with E-state index in [0.717, 1.165) is 0 Å². The molecule has 0 aliphatic rings. The van der Waals surface area contributed by atoms with Gasteiger partial charge in [-0.1, -0.05) is 12.1 Å². The van der Waals surface area contributed by atoms with Gasteiger partial charge in [-0.05, 0) is 42.8 Å². The molecule has 2 aromatic carbocycles. The third kappa shape index (κ3) is 4.26. The fourth-order valence-electron chi connectivity index (χ4n) is 2.21. The van der Waals surface area contributed by atoms with Crippen LogP contribution in [0.5, 0.6) is 0 Å². The van der Waals surface area contributed by atoms with E-state index in [2.05, 4.69) is 5.32 Å². The Kier molecular flexibility index (Phi) is 5.65. The number of aliphatic hydroxyl groups is 1. The fraction of sp³-hybridized carbons (Fsp3) is 0.235. The number of carbonyl (C=O) groups is 1. The normalized spacial score (nSPS) is 10.4. The molecule has 0 radical (unpaired) electrons. The summed E-state index contributed by atoms with van der Waals surface area (Å²) in [5, 5.41) is 11.7. The van der Waals surface area contributed by atoms with Gasteiger partial charge >= 0.3 is 6.03 Å². The number of hydrogen-bond donors (Lipinski definition) is 2. The second-order valence-electron chi connectivity index (χ2n) is 4.93. The van der Waals surface area contributed by atoms with Crippen LogP contribution in [0.2, 0.25) is 0 Å². The van der Waals surface area contributed by atoms with Crippen LogP contribution in [0.15, 0.2) is 42.5 Å². The van der Waals surface area contributed by atoms with E-state index in [1.807, 2.05) is 0 Å². The number of carbonyl (C=O) groups excluding carboxylic acids is 1. The van der Waals surface area contributed by atoms with Crippen molar-refractivity contribution in [2.45, 2.75) is 6.92 Å². The van der Waals surface area contributed by atoms with Crippen molar-refractivity contribution in [3.8, 4) is 11.1 Å². The van der Waals surface area contributed by atoms with Gasteiger partial charge in [-0.3, -0.25) is 0 Å². The lowest BCUT2D eigenvalue weighted by atomic mass is 10.0. The molecule has 0 saturated heterocycles. The summed E-state index contributed by atoms with van der Waals surface area (Å²) in [5.74, 6) is -0.846. The predicted octanol–water partition coefficient (Wildman–Crippen LogP) is 3.48. The average Bonchev–Trinajstić information content (AvgIpc) is 2.55. The zero-order valence-corrected chi connectivity index (χ0v) is 12.7. The smallest absolute Gasteiger partial charge is 0.321 e. The maximum atomic E-state index is 13.6. The number of nitrogens with zero attached hydrogens (tertiary/aromatic N) is 1. The summed E-state index contributed by atoms with van der Waals surface area (Å²) in [5.41, 5.74) is 1.46. The molecule has 0 bridgehead atoms. The number of hydrogen-bond acceptors (Lipinski definition) is 2. The van der Waals surface area contributed by atoms with Crippen LogP contribution in [0.1, 0.15) is 6.92 Å². The number of urea groups is 1. The minimum absolute atomic E-state index is 0.143. The highest BCUT2D eigenvalue weighted by Gasteiger charge is 2.14. The number of halogens is 2. The van der Waals surface area contributed by atoms with E-state index in [0.29, 0.717) is 23.4 Å². The monoisotopic (exact) mass is 320 g/mol. The van der Waals surface area contributed by atoms with Gasteiger partial charge in [-0.15, -0.1) is 0 Å². The van der Waals surface area contributed by atoms with E-state index in [1.165, 1.54) is 47.4 Å². The summed E-state index contributed by atoms with van der Waals surface area (Å²) in [6, 6.07) is 9.17. The summed E-state index contributed by atoms with van der Waals surface area (Å²) >= 11 is 0. The third-order valence-corrected chi connectivity index (χ3v) is 3.42. The van der Waals surface area contributed by atoms with Gasteiger partial charge in [0.05, 0.1) is 12.3 Å². The molecule has 0 aliphatic heterocycles. The Labute approximate surface area is 133 Å². The molecule has 4 nitrogen and oxygen atoms in total. The minimum atomic E-state index is -0.454. The highest BCUT2D eigenvalue weighted by molar-refractivity contribution is 5.94. The van der Waals surface area contributed by atoms with Gasteiger partial charge in [0.2, 0.25) is 0 Å². The first-order valence-corrected chi connectivity index (χ1v) is 7.27. The standard InChI is InChI=1S/C17H18F2N2O2/c1-2-21(9-10-22)17(23)20-16-8-7-14(19)11-15(16)12-3-5-13(18)6-4-12/h3-8,11,22H,2,9-10H2,1H3,(H,20,23). The molecule has 6 heteroatoms. The van der Waals surface area contributed by atoms with Gasteiger partial charge in [0.15, 0.2) is 0 Å².